The minimum atomic E-state index is -0.380. The Balaban J connectivity index is 2.12. The molecular weight excluding hydrogens is 209 g/mol. The second-order valence-corrected chi connectivity index (χ2v) is 3.87. The molecular formula is C12H14FNO2. The molecule has 0 saturated carbocycles. The lowest BCUT2D eigenvalue weighted by Crippen LogP contribution is -2.34. The zero-order valence-corrected chi connectivity index (χ0v) is 8.91. The molecule has 0 unspecified atom stereocenters. The molecule has 1 aliphatic rings. The van der Waals surface area contributed by atoms with Gasteiger partial charge in [0.05, 0.1) is 5.56 Å². The number of hydrogen-bond donors (Lipinski definition) is 1. The summed E-state index contributed by atoms with van der Waals surface area (Å²) in [5.41, 5.74) is 0.403. The maximum Gasteiger partial charge on any atom is 0.153 e. The van der Waals surface area contributed by atoms with E-state index in [-0.39, 0.29) is 11.9 Å². The van der Waals surface area contributed by atoms with Gasteiger partial charge in [-0.15, -0.1) is 0 Å². The molecule has 0 radical (unpaired) electrons. The molecule has 16 heavy (non-hydrogen) atoms. The molecule has 0 amide bonds. The summed E-state index contributed by atoms with van der Waals surface area (Å²) in [4.78, 5) is 10.8. The van der Waals surface area contributed by atoms with Gasteiger partial charge in [0, 0.05) is 6.07 Å². The van der Waals surface area contributed by atoms with Gasteiger partial charge < -0.3 is 10.1 Å². The van der Waals surface area contributed by atoms with Crippen molar-refractivity contribution in [2.75, 3.05) is 13.1 Å². The number of nitrogens with one attached hydrogen (secondary N) is 1. The summed E-state index contributed by atoms with van der Waals surface area (Å²) in [5, 5.41) is 3.22. The summed E-state index contributed by atoms with van der Waals surface area (Å²) in [6.45, 7) is 1.80. The minimum Gasteiger partial charge on any atom is -0.489 e. The molecule has 86 valence electrons. The maximum atomic E-state index is 13.0. The van der Waals surface area contributed by atoms with E-state index < -0.39 is 0 Å². The number of rotatable bonds is 3. The van der Waals surface area contributed by atoms with Crippen LogP contribution in [-0.2, 0) is 0 Å². The van der Waals surface area contributed by atoms with E-state index in [2.05, 4.69) is 5.32 Å². The fourth-order valence-electron chi connectivity index (χ4n) is 1.80. The SMILES string of the molecule is O=Cc1ccc(F)cc1OC1CCNCC1. The van der Waals surface area contributed by atoms with Crippen LogP contribution in [0, 0.1) is 5.82 Å². The molecule has 1 N–H and O–H groups in total. The van der Waals surface area contributed by atoms with E-state index in [9.17, 15) is 9.18 Å². The highest BCUT2D eigenvalue weighted by Gasteiger charge is 2.16. The van der Waals surface area contributed by atoms with Gasteiger partial charge in [-0.3, -0.25) is 4.79 Å². The summed E-state index contributed by atoms with van der Waals surface area (Å²) in [6.07, 6.45) is 2.53. The average Bonchev–Trinajstić information content (AvgIpc) is 2.31. The third kappa shape index (κ3) is 2.58. The van der Waals surface area contributed by atoms with Crippen LogP contribution < -0.4 is 10.1 Å². The van der Waals surface area contributed by atoms with E-state index >= 15 is 0 Å². The third-order valence-electron chi connectivity index (χ3n) is 2.68. The Labute approximate surface area is 93.6 Å². The summed E-state index contributed by atoms with van der Waals surface area (Å²) in [6, 6.07) is 3.98. The van der Waals surface area contributed by atoms with Gasteiger partial charge in [-0.25, -0.2) is 4.39 Å². The summed E-state index contributed by atoms with van der Waals surface area (Å²) >= 11 is 0. The molecule has 3 nitrogen and oxygen atoms in total. The van der Waals surface area contributed by atoms with E-state index in [1.165, 1.54) is 18.2 Å². The monoisotopic (exact) mass is 223 g/mol. The Morgan fingerprint density at radius 2 is 2.12 bits per heavy atom. The highest BCUT2D eigenvalue weighted by molar-refractivity contribution is 5.79. The number of piperidine rings is 1. The van der Waals surface area contributed by atoms with Crippen molar-refractivity contribution in [3.63, 3.8) is 0 Å². The van der Waals surface area contributed by atoms with Crippen LogP contribution in [0.15, 0.2) is 18.2 Å². The van der Waals surface area contributed by atoms with Crippen LogP contribution in [0.25, 0.3) is 0 Å². The first-order valence-corrected chi connectivity index (χ1v) is 5.41. The van der Waals surface area contributed by atoms with Crippen LogP contribution in [0.2, 0.25) is 0 Å². The minimum absolute atomic E-state index is 0.0711. The highest BCUT2D eigenvalue weighted by atomic mass is 19.1. The van der Waals surface area contributed by atoms with Crippen LogP contribution in [-0.4, -0.2) is 25.5 Å². The number of ether oxygens (including phenoxy) is 1. The number of carbonyl (C=O) groups excluding carboxylic acids is 1. The van der Waals surface area contributed by atoms with Gasteiger partial charge in [-0.05, 0) is 38.1 Å². The van der Waals surface area contributed by atoms with E-state index in [1.54, 1.807) is 0 Å². The van der Waals surface area contributed by atoms with Crippen molar-refractivity contribution in [1.82, 2.24) is 5.32 Å². The van der Waals surface area contributed by atoms with Crippen LogP contribution in [0.5, 0.6) is 5.75 Å². The number of aldehydes is 1. The molecule has 0 atom stereocenters. The number of benzene rings is 1. The van der Waals surface area contributed by atoms with Crippen molar-refractivity contribution in [2.24, 2.45) is 0 Å². The van der Waals surface area contributed by atoms with Crippen molar-refractivity contribution in [1.29, 1.82) is 0 Å². The Kier molecular flexibility index (Phi) is 3.51. The van der Waals surface area contributed by atoms with Crippen molar-refractivity contribution < 1.29 is 13.9 Å². The summed E-state index contributed by atoms with van der Waals surface area (Å²) in [7, 11) is 0. The first-order chi connectivity index (χ1) is 7.79. The first-order valence-electron chi connectivity index (χ1n) is 5.41. The molecule has 0 aliphatic carbocycles. The lowest BCUT2D eigenvalue weighted by atomic mass is 10.1. The fourth-order valence-corrected chi connectivity index (χ4v) is 1.80. The predicted molar refractivity (Wildman–Crippen MR) is 58.3 cm³/mol. The second kappa shape index (κ2) is 5.07. The lowest BCUT2D eigenvalue weighted by molar-refractivity contribution is 0.111. The van der Waals surface area contributed by atoms with Gasteiger partial charge in [0.1, 0.15) is 17.7 Å². The standard InChI is InChI=1S/C12H14FNO2/c13-10-2-1-9(8-15)12(7-10)16-11-3-5-14-6-4-11/h1-2,7-8,11,14H,3-6H2. The molecule has 1 fully saturated rings. The molecule has 2 rings (SSSR count). The molecule has 1 aromatic rings. The Morgan fingerprint density at radius 1 is 1.38 bits per heavy atom. The molecule has 0 bridgehead atoms. The summed E-state index contributed by atoms with van der Waals surface area (Å²) < 4.78 is 18.7. The Hall–Kier alpha value is -1.42. The number of hydrogen-bond acceptors (Lipinski definition) is 3. The predicted octanol–water partition coefficient (Wildman–Crippen LogP) is 1.77. The molecule has 1 aliphatic heterocycles. The van der Waals surface area contributed by atoms with Crippen molar-refractivity contribution in [3.8, 4) is 5.75 Å². The van der Waals surface area contributed by atoms with Crippen molar-refractivity contribution >= 4 is 6.29 Å². The van der Waals surface area contributed by atoms with Gasteiger partial charge in [0.2, 0.25) is 0 Å². The Bertz CT molecular complexity index is 375. The van der Waals surface area contributed by atoms with Gasteiger partial charge in [-0.1, -0.05) is 0 Å². The van der Waals surface area contributed by atoms with Gasteiger partial charge >= 0.3 is 0 Å². The van der Waals surface area contributed by atoms with E-state index in [4.69, 9.17) is 4.74 Å². The molecule has 0 aromatic heterocycles. The van der Waals surface area contributed by atoms with Gasteiger partial charge in [0.15, 0.2) is 6.29 Å². The smallest absolute Gasteiger partial charge is 0.153 e. The average molecular weight is 223 g/mol. The van der Waals surface area contributed by atoms with E-state index in [0.717, 1.165) is 25.9 Å². The summed E-state index contributed by atoms with van der Waals surface area (Å²) in [5.74, 6) is -0.0311. The maximum absolute atomic E-state index is 13.0. The first kappa shape index (κ1) is 11.1. The molecule has 1 aromatic carbocycles. The zero-order valence-electron chi connectivity index (χ0n) is 8.91. The molecule has 1 heterocycles. The van der Waals surface area contributed by atoms with Gasteiger partial charge in [-0.2, -0.15) is 0 Å². The second-order valence-electron chi connectivity index (χ2n) is 3.87. The molecule has 0 spiro atoms. The quantitative estimate of drug-likeness (QED) is 0.794. The van der Waals surface area contributed by atoms with Crippen molar-refractivity contribution in [3.05, 3.63) is 29.6 Å². The van der Waals surface area contributed by atoms with Crippen LogP contribution in [0.3, 0.4) is 0 Å². The number of carbonyl (C=O) groups is 1. The zero-order chi connectivity index (χ0) is 11.4. The molecule has 4 heteroatoms. The van der Waals surface area contributed by atoms with E-state index in [1.807, 2.05) is 0 Å². The topological polar surface area (TPSA) is 38.3 Å². The normalized spacial score (nSPS) is 17.1. The van der Waals surface area contributed by atoms with Crippen LogP contribution in [0.4, 0.5) is 4.39 Å². The third-order valence-corrected chi connectivity index (χ3v) is 2.68. The van der Waals surface area contributed by atoms with Crippen LogP contribution in [0.1, 0.15) is 23.2 Å². The Morgan fingerprint density at radius 3 is 2.81 bits per heavy atom. The van der Waals surface area contributed by atoms with Crippen LogP contribution >= 0.6 is 0 Å². The molecule has 1 saturated heterocycles. The number of halogens is 1. The largest absolute Gasteiger partial charge is 0.489 e. The highest BCUT2D eigenvalue weighted by Crippen LogP contribution is 2.21. The van der Waals surface area contributed by atoms with Crippen molar-refractivity contribution in [2.45, 2.75) is 18.9 Å². The fraction of sp³-hybridized carbons (Fsp3) is 0.417. The van der Waals surface area contributed by atoms with E-state index in [0.29, 0.717) is 17.6 Å². The van der Waals surface area contributed by atoms with Gasteiger partial charge in [0.25, 0.3) is 0 Å². The lowest BCUT2D eigenvalue weighted by Gasteiger charge is -2.24.